The molecule has 0 saturated heterocycles. The zero-order valence-electron chi connectivity index (χ0n) is 16.3. The van der Waals surface area contributed by atoms with E-state index in [2.05, 4.69) is 25.8 Å². The zero-order chi connectivity index (χ0) is 21.4. The minimum absolute atomic E-state index is 0.00734. The Hall–Kier alpha value is -3.63. The highest BCUT2D eigenvalue weighted by molar-refractivity contribution is 5.95. The third kappa shape index (κ3) is 3.35. The lowest BCUT2D eigenvalue weighted by molar-refractivity contribution is 0.0844. The molecule has 3 heterocycles. The van der Waals surface area contributed by atoms with E-state index in [1.165, 1.54) is 18.5 Å². The van der Waals surface area contributed by atoms with E-state index in [1.807, 2.05) is 0 Å². The highest BCUT2D eigenvalue weighted by atomic mass is 19.1. The molecule has 5 rings (SSSR count). The number of benzene rings is 2. The topological polar surface area (TPSA) is 118 Å². The minimum atomic E-state index is -0.647. The lowest BCUT2D eigenvalue weighted by Crippen LogP contribution is -2.23. The first-order valence-electron chi connectivity index (χ1n) is 9.84. The van der Waals surface area contributed by atoms with Gasteiger partial charge in [-0.3, -0.25) is 15.1 Å². The maximum Gasteiger partial charge on any atom is 0.272 e. The fourth-order valence-electron chi connectivity index (χ4n) is 3.97. The smallest absolute Gasteiger partial charge is 0.272 e. The summed E-state index contributed by atoms with van der Waals surface area (Å²) < 4.78 is 15.3. The number of nitrogens with one attached hydrogen (secondary N) is 2. The lowest BCUT2D eigenvalue weighted by Gasteiger charge is -2.24. The second kappa shape index (κ2) is 7.89. The molecule has 2 unspecified atom stereocenters. The van der Waals surface area contributed by atoms with Crippen molar-refractivity contribution in [2.45, 2.75) is 25.0 Å². The van der Waals surface area contributed by atoms with E-state index in [0.29, 0.717) is 46.5 Å². The molecule has 2 aromatic heterocycles. The molecule has 0 spiro atoms. The Balaban J connectivity index is 1.76. The van der Waals surface area contributed by atoms with Crippen LogP contribution in [-0.2, 0) is 11.4 Å². The maximum absolute atomic E-state index is 13.6. The molecule has 0 aliphatic carbocycles. The highest BCUT2D eigenvalue weighted by Gasteiger charge is 2.37. The van der Waals surface area contributed by atoms with Gasteiger partial charge in [0, 0.05) is 18.5 Å². The molecule has 0 radical (unpaired) electrons. The summed E-state index contributed by atoms with van der Waals surface area (Å²) in [4.78, 5) is 23.0. The van der Waals surface area contributed by atoms with Gasteiger partial charge in [-0.2, -0.15) is 10.2 Å². The van der Waals surface area contributed by atoms with Gasteiger partial charge in [0.25, 0.3) is 5.56 Å². The largest absolute Gasteiger partial charge is 0.396 e. The van der Waals surface area contributed by atoms with E-state index < -0.39 is 12.0 Å². The van der Waals surface area contributed by atoms with Crippen LogP contribution >= 0.6 is 0 Å². The number of anilines is 1. The van der Waals surface area contributed by atoms with Gasteiger partial charge in [0.1, 0.15) is 24.1 Å². The van der Waals surface area contributed by atoms with E-state index in [1.54, 1.807) is 35.0 Å². The van der Waals surface area contributed by atoms with E-state index in [4.69, 9.17) is 4.84 Å². The molecule has 2 atom stereocenters. The molecule has 0 bridgehead atoms. The lowest BCUT2D eigenvalue weighted by atomic mass is 9.89. The van der Waals surface area contributed by atoms with E-state index in [0.717, 1.165) is 0 Å². The average Bonchev–Trinajstić information content (AvgIpc) is 3.18. The Morgan fingerprint density at radius 1 is 1.19 bits per heavy atom. The molecular formula is C21H19FN6O3. The molecule has 1 aliphatic rings. The number of aliphatic hydroxyl groups excluding tert-OH is 1. The van der Waals surface area contributed by atoms with E-state index in [9.17, 15) is 14.3 Å². The predicted octanol–water partition coefficient (Wildman–Crippen LogP) is 2.27. The summed E-state index contributed by atoms with van der Waals surface area (Å²) >= 11 is 0. The van der Waals surface area contributed by atoms with Crippen molar-refractivity contribution in [3.63, 3.8) is 0 Å². The van der Waals surface area contributed by atoms with Gasteiger partial charge in [-0.1, -0.05) is 18.2 Å². The third-order valence-electron chi connectivity index (χ3n) is 5.39. The molecule has 0 amide bonds. The highest BCUT2D eigenvalue weighted by Crippen LogP contribution is 2.43. The fourth-order valence-corrected chi connectivity index (χ4v) is 3.97. The van der Waals surface area contributed by atoms with Gasteiger partial charge in [0.05, 0.1) is 22.7 Å². The number of aliphatic hydroxyl groups is 1. The Labute approximate surface area is 175 Å². The van der Waals surface area contributed by atoms with Gasteiger partial charge in [-0.25, -0.2) is 19.2 Å². The molecule has 10 heteroatoms. The first-order chi connectivity index (χ1) is 15.2. The van der Waals surface area contributed by atoms with Crippen LogP contribution in [0.4, 0.5) is 10.1 Å². The quantitative estimate of drug-likeness (QED) is 0.452. The predicted molar refractivity (Wildman–Crippen MR) is 110 cm³/mol. The van der Waals surface area contributed by atoms with Crippen molar-refractivity contribution in [2.24, 2.45) is 0 Å². The number of nitrogens with zero attached hydrogens (tertiary/aromatic N) is 4. The molecule has 3 N–H and O–H groups in total. The summed E-state index contributed by atoms with van der Waals surface area (Å²) in [6, 6.07) is 11.3. The summed E-state index contributed by atoms with van der Waals surface area (Å²) in [7, 11) is 0. The molecule has 0 saturated carbocycles. The first-order valence-corrected chi connectivity index (χ1v) is 9.84. The van der Waals surface area contributed by atoms with Crippen molar-refractivity contribution in [2.75, 3.05) is 12.1 Å². The van der Waals surface area contributed by atoms with Crippen LogP contribution in [0.5, 0.6) is 0 Å². The van der Waals surface area contributed by atoms with Crippen molar-refractivity contribution >= 4 is 16.5 Å². The van der Waals surface area contributed by atoms with Gasteiger partial charge in [0.2, 0.25) is 0 Å². The summed E-state index contributed by atoms with van der Waals surface area (Å²) in [5, 5.41) is 21.6. The number of rotatable bonds is 5. The number of H-pyrrole nitrogens is 1. The first kappa shape index (κ1) is 19.3. The summed E-state index contributed by atoms with van der Waals surface area (Å²) in [6.07, 6.45) is 1.28. The van der Waals surface area contributed by atoms with Crippen LogP contribution in [0.25, 0.3) is 10.8 Å². The summed E-state index contributed by atoms with van der Waals surface area (Å²) in [6.45, 7) is 0.452. The second-order valence-electron chi connectivity index (χ2n) is 7.25. The Bertz CT molecular complexity index is 1290. The number of aromatic nitrogens is 5. The van der Waals surface area contributed by atoms with Crippen LogP contribution in [0.3, 0.4) is 0 Å². The van der Waals surface area contributed by atoms with Gasteiger partial charge >= 0.3 is 0 Å². The van der Waals surface area contributed by atoms with Crippen molar-refractivity contribution < 1.29 is 14.3 Å². The number of halogens is 1. The van der Waals surface area contributed by atoms with Gasteiger partial charge in [0.15, 0.2) is 0 Å². The van der Waals surface area contributed by atoms with Crippen LogP contribution in [-0.4, -0.2) is 36.7 Å². The third-order valence-corrected chi connectivity index (χ3v) is 5.39. The summed E-state index contributed by atoms with van der Waals surface area (Å²) in [5.74, 6) is -0.370. The van der Waals surface area contributed by atoms with Crippen LogP contribution in [0, 0.1) is 5.82 Å². The van der Waals surface area contributed by atoms with Crippen molar-refractivity contribution in [1.82, 2.24) is 25.0 Å². The van der Waals surface area contributed by atoms with E-state index >= 15 is 0 Å². The van der Waals surface area contributed by atoms with Gasteiger partial charge in [-0.05, 0) is 36.2 Å². The number of hydrogen-bond acceptors (Lipinski definition) is 7. The second-order valence-corrected chi connectivity index (χ2v) is 7.25. The van der Waals surface area contributed by atoms with Crippen LogP contribution in [0.15, 0.2) is 53.6 Å². The van der Waals surface area contributed by atoms with Crippen LogP contribution < -0.4 is 11.0 Å². The molecule has 1 aliphatic heterocycles. The monoisotopic (exact) mass is 422 g/mol. The minimum Gasteiger partial charge on any atom is -0.396 e. The molecule has 2 aromatic carbocycles. The Morgan fingerprint density at radius 3 is 2.84 bits per heavy atom. The molecule has 31 heavy (non-hydrogen) atoms. The maximum atomic E-state index is 13.6. The number of aryl methyl sites for hydroxylation is 1. The number of aromatic amines is 1. The molecular weight excluding hydrogens is 403 g/mol. The van der Waals surface area contributed by atoms with Gasteiger partial charge < -0.3 is 5.11 Å². The Morgan fingerprint density at radius 2 is 2.03 bits per heavy atom. The molecule has 0 fully saturated rings. The summed E-state index contributed by atoms with van der Waals surface area (Å²) in [5.41, 5.74) is 4.49. The standard InChI is InChI=1S/C21H19FN6O3/c22-13-7-5-12(6-8-13)19-17(20-23-11-24-28(20)9-2-10-29)18-16-14(21(30)26-25-18)3-1-4-15(16)27-31-19/h1,3-8,11,17,19,27,29H,2,9-10H2,(H,26,30). The molecule has 9 nitrogen and oxygen atoms in total. The number of hydrogen-bond donors (Lipinski definition) is 3. The van der Waals surface area contributed by atoms with Crippen LogP contribution in [0.2, 0.25) is 0 Å². The zero-order valence-corrected chi connectivity index (χ0v) is 16.3. The van der Waals surface area contributed by atoms with Crippen molar-refractivity contribution in [1.29, 1.82) is 0 Å². The van der Waals surface area contributed by atoms with E-state index in [-0.39, 0.29) is 18.0 Å². The Kier molecular flexibility index (Phi) is 4.92. The molecule has 4 aromatic rings. The normalized spacial score (nSPS) is 18.0. The SMILES string of the molecule is O=c1[nH]nc2c3c(cccc13)NOC(c1ccc(F)cc1)C2c1ncnn1CCCO. The average molecular weight is 422 g/mol. The van der Waals surface area contributed by atoms with Gasteiger partial charge in [-0.15, -0.1) is 0 Å². The van der Waals surface area contributed by atoms with Crippen molar-refractivity contribution in [3.8, 4) is 0 Å². The molecule has 158 valence electrons. The fraction of sp³-hybridized carbons (Fsp3) is 0.238. The van der Waals surface area contributed by atoms with Crippen molar-refractivity contribution in [3.05, 3.63) is 82.0 Å². The van der Waals surface area contributed by atoms with Crippen LogP contribution in [0.1, 0.15) is 35.5 Å².